The molecule has 1 aromatic carbocycles. The van der Waals surface area contributed by atoms with E-state index in [1.807, 2.05) is 6.92 Å². The van der Waals surface area contributed by atoms with Crippen LogP contribution in [-0.4, -0.2) is 23.5 Å². The van der Waals surface area contributed by atoms with Crippen LogP contribution >= 0.6 is 0 Å². The molecule has 4 nitrogen and oxygen atoms in total. The van der Waals surface area contributed by atoms with Crippen molar-refractivity contribution < 1.29 is 14.7 Å². The highest BCUT2D eigenvalue weighted by Crippen LogP contribution is 2.28. The van der Waals surface area contributed by atoms with Gasteiger partial charge in [-0.2, -0.15) is 0 Å². The SMILES string of the molecule is CCN1C(=O)CCc2cc(C(=O)O)ccc21. The molecule has 0 saturated carbocycles. The second kappa shape index (κ2) is 3.96. The monoisotopic (exact) mass is 219 g/mol. The van der Waals surface area contributed by atoms with Gasteiger partial charge in [-0.1, -0.05) is 0 Å². The van der Waals surface area contributed by atoms with Crippen molar-refractivity contribution in [3.8, 4) is 0 Å². The first-order valence-corrected chi connectivity index (χ1v) is 5.30. The lowest BCUT2D eigenvalue weighted by molar-refractivity contribution is -0.118. The summed E-state index contributed by atoms with van der Waals surface area (Å²) in [5, 5.41) is 8.88. The Bertz CT molecular complexity index is 454. The number of carbonyl (C=O) groups is 2. The summed E-state index contributed by atoms with van der Waals surface area (Å²) in [7, 11) is 0. The zero-order chi connectivity index (χ0) is 11.7. The second-order valence-corrected chi connectivity index (χ2v) is 3.79. The van der Waals surface area contributed by atoms with Gasteiger partial charge in [-0.3, -0.25) is 4.79 Å². The van der Waals surface area contributed by atoms with Gasteiger partial charge >= 0.3 is 5.97 Å². The van der Waals surface area contributed by atoms with E-state index in [4.69, 9.17) is 5.11 Å². The molecule has 1 amide bonds. The quantitative estimate of drug-likeness (QED) is 0.823. The van der Waals surface area contributed by atoms with Crippen LogP contribution in [0.3, 0.4) is 0 Å². The van der Waals surface area contributed by atoms with Gasteiger partial charge in [0.1, 0.15) is 0 Å². The number of carbonyl (C=O) groups excluding carboxylic acids is 1. The van der Waals surface area contributed by atoms with Gasteiger partial charge in [0.25, 0.3) is 0 Å². The lowest BCUT2D eigenvalue weighted by atomic mass is 9.99. The summed E-state index contributed by atoms with van der Waals surface area (Å²) < 4.78 is 0. The highest BCUT2D eigenvalue weighted by atomic mass is 16.4. The molecule has 0 bridgehead atoms. The number of anilines is 1. The van der Waals surface area contributed by atoms with E-state index in [9.17, 15) is 9.59 Å². The van der Waals surface area contributed by atoms with Crippen LogP contribution in [0, 0.1) is 0 Å². The van der Waals surface area contributed by atoms with Gasteiger partial charge in [-0.05, 0) is 37.1 Å². The smallest absolute Gasteiger partial charge is 0.335 e. The van der Waals surface area contributed by atoms with Gasteiger partial charge in [0.05, 0.1) is 5.56 Å². The molecule has 1 N–H and O–H groups in total. The standard InChI is InChI=1S/C12H13NO3/c1-2-13-10-5-3-9(12(15)16)7-8(10)4-6-11(13)14/h3,5,7H,2,4,6H2,1H3,(H,15,16). The number of hydrogen-bond acceptors (Lipinski definition) is 2. The molecule has 0 aliphatic carbocycles. The number of carboxylic acid groups (broad SMARTS) is 1. The topological polar surface area (TPSA) is 57.6 Å². The average Bonchev–Trinajstić information content (AvgIpc) is 2.28. The molecule has 1 aromatic rings. The minimum atomic E-state index is -0.928. The van der Waals surface area contributed by atoms with Crippen molar-refractivity contribution in [1.29, 1.82) is 0 Å². The fourth-order valence-corrected chi connectivity index (χ4v) is 2.04. The van der Waals surface area contributed by atoms with E-state index in [-0.39, 0.29) is 11.5 Å². The van der Waals surface area contributed by atoms with Gasteiger partial charge in [0.2, 0.25) is 5.91 Å². The third-order valence-electron chi connectivity index (χ3n) is 2.84. The van der Waals surface area contributed by atoms with Crippen LogP contribution in [0.1, 0.15) is 29.3 Å². The van der Waals surface area contributed by atoms with Crippen LogP contribution in [0.15, 0.2) is 18.2 Å². The van der Waals surface area contributed by atoms with E-state index >= 15 is 0 Å². The number of amides is 1. The molecule has 0 fully saturated rings. The molecule has 2 rings (SSSR count). The van der Waals surface area contributed by atoms with Crippen molar-refractivity contribution in [1.82, 2.24) is 0 Å². The molecule has 0 spiro atoms. The largest absolute Gasteiger partial charge is 0.478 e. The van der Waals surface area contributed by atoms with Crippen molar-refractivity contribution in [2.75, 3.05) is 11.4 Å². The number of carboxylic acids is 1. The lowest BCUT2D eigenvalue weighted by Gasteiger charge is -2.28. The van der Waals surface area contributed by atoms with Crippen molar-refractivity contribution in [3.05, 3.63) is 29.3 Å². The summed E-state index contributed by atoms with van der Waals surface area (Å²) in [6.07, 6.45) is 1.09. The van der Waals surface area contributed by atoms with Crippen molar-refractivity contribution in [3.63, 3.8) is 0 Å². The van der Waals surface area contributed by atoms with Crippen LogP contribution in [0.25, 0.3) is 0 Å². The van der Waals surface area contributed by atoms with E-state index in [1.165, 1.54) is 0 Å². The zero-order valence-electron chi connectivity index (χ0n) is 9.06. The minimum absolute atomic E-state index is 0.109. The summed E-state index contributed by atoms with van der Waals surface area (Å²) >= 11 is 0. The molecular formula is C12H13NO3. The van der Waals surface area contributed by atoms with E-state index < -0.39 is 5.97 Å². The van der Waals surface area contributed by atoms with E-state index in [1.54, 1.807) is 23.1 Å². The summed E-state index contributed by atoms with van der Waals surface area (Å²) in [5.74, 6) is -0.819. The molecule has 16 heavy (non-hydrogen) atoms. The van der Waals surface area contributed by atoms with Crippen molar-refractivity contribution >= 4 is 17.6 Å². The van der Waals surface area contributed by atoms with E-state index in [0.717, 1.165) is 11.3 Å². The third kappa shape index (κ3) is 1.66. The van der Waals surface area contributed by atoms with Crippen LogP contribution < -0.4 is 4.90 Å². The van der Waals surface area contributed by atoms with Crippen LogP contribution in [0.2, 0.25) is 0 Å². The van der Waals surface area contributed by atoms with Crippen LogP contribution in [-0.2, 0) is 11.2 Å². The number of rotatable bonds is 2. The first-order chi connectivity index (χ1) is 7.63. The maximum absolute atomic E-state index is 11.6. The average molecular weight is 219 g/mol. The summed E-state index contributed by atoms with van der Waals surface area (Å²) in [6.45, 7) is 2.54. The zero-order valence-corrected chi connectivity index (χ0v) is 9.06. The Balaban J connectivity index is 2.46. The van der Waals surface area contributed by atoms with Gasteiger partial charge in [-0.15, -0.1) is 0 Å². The van der Waals surface area contributed by atoms with Crippen molar-refractivity contribution in [2.24, 2.45) is 0 Å². The molecule has 0 unspecified atom stereocenters. The molecule has 0 aromatic heterocycles. The third-order valence-corrected chi connectivity index (χ3v) is 2.84. The second-order valence-electron chi connectivity index (χ2n) is 3.79. The van der Waals surface area contributed by atoms with Gasteiger partial charge < -0.3 is 10.0 Å². The first-order valence-electron chi connectivity index (χ1n) is 5.30. The predicted octanol–water partition coefficient (Wildman–Crippen LogP) is 1.68. The molecular weight excluding hydrogens is 206 g/mol. The Kier molecular flexibility index (Phi) is 2.64. The molecule has 0 radical (unpaired) electrons. The number of hydrogen-bond donors (Lipinski definition) is 1. The Morgan fingerprint density at radius 3 is 2.81 bits per heavy atom. The number of aromatic carboxylic acids is 1. The Hall–Kier alpha value is -1.84. The van der Waals surface area contributed by atoms with Crippen LogP contribution in [0.5, 0.6) is 0 Å². The molecule has 1 aliphatic rings. The van der Waals surface area contributed by atoms with Gasteiger partial charge in [0.15, 0.2) is 0 Å². The molecule has 4 heteroatoms. The summed E-state index contributed by atoms with van der Waals surface area (Å²) in [5.41, 5.74) is 2.08. The molecule has 0 atom stereocenters. The van der Waals surface area contributed by atoms with Gasteiger partial charge in [0, 0.05) is 18.7 Å². The molecule has 1 aliphatic heterocycles. The molecule has 0 saturated heterocycles. The number of aryl methyl sites for hydroxylation is 1. The Morgan fingerprint density at radius 2 is 2.19 bits per heavy atom. The summed E-state index contributed by atoms with van der Waals surface area (Å²) in [6, 6.07) is 4.93. The van der Waals surface area contributed by atoms with Crippen LogP contribution in [0.4, 0.5) is 5.69 Å². The van der Waals surface area contributed by atoms with Crippen molar-refractivity contribution in [2.45, 2.75) is 19.8 Å². The normalized spacial score (nSPS) is 14.8. The minimum Gasteiger partial charge on any atom is -0.478 e. The number of benzene rings is 1. The highest BCUT2D eigenvalue weighted by Gasteiger charge is 2.23. The predicted molar refractivity (Wildman–Crippen MR) is 59.7 cm³/mol. The van der Waals surface area contributed by atoms with Gasteiger partial charge in [-0.25, -0.2) is 4.79 Å². The first kappa shape index (κ1) is 10.7. The summed E-state index contributed by atoms with van der Waals surface area (Å²) in [4.78, 5) is 24.1. The molecule has 84 valence electrons. The molecule has 1 heterocycles. The maximum Gasteiger partial charge on any atom is 0.335 e. The Morgan fingerprint density at radius 1 is 1.44 bits per heavy atom. The number of nitrogens with zero attached hydrogens (tertiary/aromatic N) is 1. The lowest BCUT2D eigenvalue weighted by Crippen LogP contribution is -2.34. The fraction of sp³-hybridized carbons (Fsp3) is 0.333. The number of fused-ring (bicyclic) bond motifs is 1. The maximum atomic E-state index is 11.6. The highest BCUT2D eigenvalue weighted by molar-refractivity contribution is 5.97. The van der Waals surface area contributed by atoms with E-state index in [0.29, 0.717) is 19.4 Å². The Labute approximate surface area is 93.5 Å². The van der Waals surface area contributed by atoms with E-state index in [2.05, 4.69) is 0 Å². The fourth-order valence-electron chi connectivity index (χ4n) is 2.04.